The lowest BCUT2D eigenvalue weighted by Gasteiger charge is -2.24. The molecule has 1 aromatic rings. The summed E-state index contributed by atoms with van der Waals surface area (Å²) in [4.78, 5) is 11.7. The van der Waals surface area contributed by atoms with Crippen LogP contribution >= 0.6 is 0 Å². The van der Waals surface area contributed by atoms with Gasteiger partial charge in [-0.2, -0.15) is 0 Å². The van der Waals surface area contributed by atoms with Crippen molar-refractivity contribution < 1.29 is 13.9 Å². The number of carbonyl (C=O) groups is 1. The fourth-order valence-corrected chi connectivity index (χ4v) is 1.57. The lowest BCUT2D eigenvalue weighted by molar-refractivity contribution is 0.0527. The maximum Gasteiger partial charge on any atom is 0.340 e. The summed E-state index contributed by atoms with van der Waals surface area (Å²) < 4.78 is 18.8. The largest absolute Gasteiger partial charge is 0.462 e. The smallest absolute Gasteiger partial charge is 0.340 e. The van der Waals surface area contributed by atoms with Crippen molar-refractivity contribution >= 4 is 17.3 Å². The van der Waals surface area contributed by atoms with E-state index in [1.165, 1.54) is 6.07 Å². The molecule has 0 atom stereocenters. The number of anilines is 2. The van der Waals surface area contributed by atoms with Crippen molar-refractivity contribution in [2.24, 2.45) is 5.41 Å². The Morgan fingerprint density at radius 2 is 2.05 bits per heavy atom. The average Bonchev–Trinajstić information content (AvgIpc) is 2.38. The van der Waals surface area contributed by atoms with Crippen LogP contribution in [0.5, 0.6) is 0 Å². The van der Waals surface area contributed by atoms with Crippen molar-refractivity contribution in [1.82, 2.24) is 0 Å². The minimum absolute atomic E-state index is 0.0396. The van der Waals surface area contributed by atoms with Crippen LogP contribution in [-0.4, -0.2) is 19.1 Å². The van der Waals surface area contributed by atoms with E-state index in [9.17, 15) is 9.18 Å². The quantitative estimate of drug-likeness (QED) is 0.619. The number of halogens is 1. The fraction of sp³-hybridized carbons (Fsp3) is 0.533. The molecule has 0 fully saturated rings. The summed E-state index contributed by atoms with van der Waals surface area (Å²) in [5, 5.41) is 3.03. The summed E-state index contributed by atoms with van der Waals surface area (Å²) in [6, 6.07) is 2.56. The van der Waals surface area contributed by atoms with E-state index in [0.717, 1.165) is 12.5 Å². The second-order valence-electron chi connectivity index (χ2n) is 5.51. The predicted molar refractivity (Wildman–Crippen MR) is 79.3 cm³/mol. The van der Waals surface area contributed by atoms with Crippen LogP contribution < -0.4 is 11.1 Å². The molecular formula is C15H23FN2O2. The van der Waals surface area contributed by atoms with Gasteiger partial charge in [-0.25, -0.2) is 9.18 Å². The van der Waals surface area contributed by atoms with Gasteiger partial charge < -0.3 is 15.8 Å². The van der Waals surface area contributed by atoms with Crippen molar-refractivity contribution in [3.05, 3.63) is 23.5 Å². The van der Waals surface area contributed by atoms with E-state index < -0.39 is 11.8 Å². The number of hydrogen-bond acceptors (Lipinski definition) is 4. The van der Waals surface area contributed by atoms with Gasteiger partial charge in [0.2, 0.25) is 0 Å². The van der Waals surface area contributed by atoms with Crippen molar-refractivity contribution in [1.29, 1.82) is 0 Å². The zero-order valence-corrected chi connectivity index (χ0v) is 12.5. The third-order valence-electron chi connectivity index (χ3n) is 3.35. The summed E-state index contributed by atoms with van der Waals surface area (Å²) in [7, 11) is 0. The topological polar surface area (TPSA) is 64.3 Å². The zero-order chi connectivity index (χ0) is 15.3. The van der Waals surface area contributed by atoms with Crippen LogP contribution in [0.1, 0.15) is 44.5 Å². The molecule has 0 radical (unpaired) electrons. The SMILES string of the molecule is CCOC(=O)c1cc(NCC(C)(C)CC)c(F)cc1N. The molecule has 0 spiro atoms. The van der Waals surface area contributed by atoms with E-state index in [0.29, 0.717) is 6.54 Å². The number of nitrogen functional groups attached to an aromatic ring is 1. The Balaban J connectivity index is 2.97. The molecule has 0 heterocycles. The van der Waals surface area contributed by atoms with Gasteiger partial charge in [0.1, 0.15) is 5.82 Å². The first-order chi connectivity index (χ1) is 9.30. The number of ether oxygens (including phenoxy) is 1. The van der Waals surface area contributed by atoms with Crippen molar-refractivity contribution in [3.8, 4) is 0 Å². The molecule has 4 nitrogen and oxygen atoms in total. The van der Waals surface area contributed by atoms with Crippen molar-refractivity contribution in [2.45, 2.75) is 34.1 Å². The minimum atomic E-state index is -0.539. The Hall–Kier alpha value is -1.78. The van der Waals surface area contributed by atoms with Crippen LogP contribution in [0.25, 0.3) is 0 Å². The molecule has 112 valence electrons. The van der Waals surface area contributed by atoms with Gasteiger partial charge in [-0.15, -0.1) is 0 Å². The summed E-state index contributed by atoms with van der Waals surface area (Å²) in [5.74, 6) is -1.01. The van der Waals surface area contributed by atoms with Gasteiger partial charge in [-0.3, -0.25) is 0 Å². The van der Waals surface area contributed by atoms with Crippen LogP contribution in [0.3, 0.4) is 0 Å². The molecule has 0 aliphatic heterocycles. The fourth-order valence-electron chi connectivity index (χ4n) is 1.57. The maximum absolute atomic E-state index is 13.9. The molecule has 1 aromatic carbocycles. The molecule has 0 aliphatic rings. The number of nitrogens with two attached hydrogens (primary N) is 1. The third-order valence-corrected chi connectivity index (χ3v) is 3.35. The van der Waals surface area contributed by atoms with Crippen molar-refractivity contribution in [2.75, 3.05) is 24.2 Å². The lowest BCUT2D eigenvalue weighted by Crippen LogP contribution is -2.22. The summed E-state index contributed by atoms with van der Waals surface area (Å²) >= 11 is 0. The molecule has 0 saturated heterocycles. The highest BCUT2D eigenvalue weighted by Gasteiger charge is 2.18. The Bertz CT molecular complexity index is 487. The Kier molecular flexibility index (Phi) is 5.36. The van der Waals surface area contributed by atoms with E-state index in [1.54, 1.807) is 6.92 Å². The molecule has 20 heavy (non-hydrogen) atoms. The van der Waals surface area contributed by atoms with E-state index in [-0.39, 0.29) is 29.0 Å². The van der Waals surface area contributed by atoms with Gasteiger partial charge in [-0.1, -0.05) is 20.8 Å². The normalized spacial score (nSPS) is 11.2. The molecule has 0 aliphatic carbocycles. The first-order valence-electron chi connectivity index (χ1n) is 6.80. The first-order valence-corrected chi connectivity index (χ1v) is 6.80. The Morgan fingerprint density at radius 3 is 2.60 bits per heavy atom. The Morgan fingerprint density at radius 1 is 1.40 bits per heavy atom. The van der Waals surface area contributed by atoms with Crippen LogP contribution in [-0.2, 0) is 4.74 Å². The lowest BCUT2D eigenvalue weighted by atomic mass is 9.90. The van der Waals surface area contributed by atoms with E-state index in [2.05, 4.69) is 26.1 Å². The van der Waals surface area contributed by atoms with Crippen molar-refractivity contribution in [3.63, 3.8) is 0 Å². The number of hydrogen-bond donors (Lipinski definition) is 2. The third kappa shape index (κ3) is 4.11. The molecule has 3 N–H and O–H groups in total. The number of esters is 1. The molecular weight excluding hydrogens is 259 g/mol. The van der Waals surface area contributed by atoms with Crippen LogP contribution in [0.2, 0.25) is 0 Å². The second-order valence-corrected chi connectivity index (χ2v) is 5.51. The standard InChI is InChI=1S/C15H23FN2O2/c1-5-15(3,4)9-18-13-7-10(14(19)20-6-2)12(17)8-11(13)16/h7-8,18H,5-6,9,17H2,1-4H3. The summed E-state index contributed by atoms with van der Waals surface area (Å²) in [6.45, 7) is 8.81. The first kappa shape index (κ1) is 16.3. The highest BCUT2D eigenvalue weighted by Crippen LogP contribution is 2.26. The predicted octanol–water partition coefficient (Wildman–Crippen LogP) is 3.43. The summed E-state index contributed by atoms with van der Waals surface area (Å²) in [6.07, 6.45) is 0.960. The molecule has 0 bridgehead atoms. The maximum atomic E-state index is 13.9. The zero-order valence-electron chi connectivity index (χ0n) is 12.5. The van der Waals surface area contributed by atoms with E-state index in [4.69, 9.17) is 10.5 Å². The van der Waals surface area contributed by atoms with E-state index >= 15 is 0 Å². The molecule has 0 saturated carbocycles. The molecule has 0 amide bonds. The number of benzene rings is 1. The van der Waals surface area contributed by atoms with Gasteiger partial charge in [0.05, 0.1) is 17.9 Å². The minimum Gasteiger partial charge on any atom is -0.462 e. The second kappa shape index (κ2) is 6.59. The number of carbonyl (C=O) groups excluding carboxylic acids is 1. The average molecular weight is 282 g/mol. The highest BCUT2D eigenvalue weighted by molar-refractivity contribution is 5.96. The van der Waals surface area contributed by atoms with E-state index in [1.807, 2.05) is 0 Å². The monoisotopic (exact) mass is 282 g/mol. The van der Waals surface area contributed by atoms with Gasteiger partial charge in [-0.05, 0) is 30.9 Å². The van der Waals surface area contributed by atoms with Crippen LogP contribution in [0.15, 0.2) is 12.1 Å². The van der Waals surface area contributed by atoms with Gasteiger partial charge in [0, 0.05) is 12.2 Å². The van der Waals surface area contributed by atoms with Gasteiger partial charge in [0.15, 0.2) is 0 Å². The van der Waals surface area contributed by atoms with Crippen LogP contribution in [0, 0.1) is 11.2 Å². The summed E-state index contributed by atoms with van der Waals surface area (Å²) in [5.41, 5.74) is 6.24. The Labute approximate surface area is 119 Å². The van der Waals surface area contributed by atoms with Gasteiger partial charge in [0.25, 0.3) is 0 Å². The van der Waals surface area contributed by atoms with Crippen LogP contribution in [0.4, 0.5) is 15.8 Å². The highest BCUT2D eigenvalue weighted by atomic mass is 19.1. The molecule has 5 heteroatoms. The number of rotatable bonds is 6. The molecule has 1 rings (SSSR count). The van der Waals surface area contributed by atoms with Gasteiger partial charge >= 0.3 is 5.97 Å². The molecule has 0 unspecified atom stereocenters. The molecule has 0 aromatic heterocycles. The number of nitrogens with one attached hydrogen (secondary N) is 1.